The normalized spacial score (nSPS) is 13.3. The lowest BCUT2D eigenvalue weighted by Crippen LogP contribution is -2.07. The molecule has 0 spiro atoms. The molecule has 1 aromatic heterocycles. The zero-order chi connectivity index (χ0) is 14.8. The van der Waals surface area contributed by atoms with Crippen LogP contribution in [-0.2, 0) is 17.6 Å². The van der Waals surface area contributed by atoms with E-state index >= 15 is 0 Å². The molecule has 0 amide bonds. The van der Waals surface area contributed by atoms with E-state index in [1.54, 1.807) is 6.07 Å². The van der Waals surface area contributed by atoms with E-state index in [0.29, 0.717) is 24.4 Å². The van der Waals surface area contributed by atoms with Crippen molar-refractivity contribution in [1.82, 2.24) is 0 Å². The fourth-order valence-electron chi connectivity index (χ4n) is 2.77. The number of benzene rings is 1. The Hall–Kier alpha value is -2.30. The molecule has 1 aliphatic rings. The molecule has 1 N–H and O–H groups in total. The molecule has 21 heavy (non-hydrogen) atoms. The first-order valence-electron chi connectivity index (χ1n) is 7.08. The number of aliphatic carboxylic acids is 1. The van der Waals surface area contributed by atoms with E-state index in [1.807, 2.05) is 12.1 Å². The molecule has 0 saturated carbocycles. The predicted molar refractivity (Wildman–Crippen MR) is 76.9 cm³/mol. The molecule has 1 aliphatic carbocycles. The van der Waals surface area contributed by atoms with Crippen LogP contribution in [0.2, 0.25) is 0 Å². The van der Waals surface area contributed by atoms with Crippen LogP contribution in [0.1, 0.15) is 30.4 Å². The first-order chi connectivity index (χ1) is 10.1. The van der Waals surface area contributed by atoms with Gasteiger partial charge >= 0.3 is 11.6 Å². The molecule has 0 atom stereocenters. The summed E-state index contributed by atoms with van der Waals surface area (Å²) in [5, 5.41) is 9.54. The van der Waals surface area contributed by atoms with E-state index in [4.69, 9.17) is 14.3 Å². The van der Waals surface area contributed by atoms with Crippen molar-refractivity contribution in [2.24, 2.45) is 0 Å². The number of aryl methyl sites for hydroxylation is 1. The highest BCUT2D eigenvalue weighted by atomic mass is 16.5. The van der Waals surface area contributed by atoms with E-state index in [9.17, 15) is 9.59 Å². The third kappa shape index (κ3) is 2.77. The average Bonchev–Trinajstić information content (AvgIpc) is 2.93. The second-order valence-electron chi connectivity index (χ2n) is 5.20. The van der Waals surface area contributed by atoms with Crippen LogP contribution in [-0.4, -0.2) is 17.7 Å². The summed E-state index contributed by atoms with van der Waals surface area (Å²) in [6, 6.07) is 5.45. The van der Waals surface area contributed by atoms with E-state index in [1.165, 1.54) is 0 Å². The second-order valence-corrected chi connectivity index (χ2v) is 5.20. The van der Waals surface area contributed by atoms with Gasteiger partial charge in [0.05, 0.1) is 6.61 Å². The lowest BCUT2D eigenvalue weighted by Gasteiger charge is -2.08. The number of ether oxygens (including phenoxy) is 1. The van der Waals surface area contributed by atoms with Crippen LogP contribution in [0.3, 0.4) is 0 Å². The highest BCUT2D eigenvalue weighted by Gasteiger charge is 2.19. The summed E-state index contributed by atoms with van der Waals surface area (Å²) in [5.41, 5.74) is 2.19. The minimum absolute atomic E-state index is 0.0795. The Morgan fingerprint density at radius 3 is 2.90 bits per heavy atom. The Morgan fingerprint density at radius 2 is 2.10 bits per heavy atom. The first-order valence-corrected chi connectivity index (χ1v) is 7.08. The molecule has 1 heterocycles. The molecule has 0 fully saturated rings. The summed E-state index contributed by atoms with van der Waals surface area (Å²) in [6.45, 7) is 0.326. The third-order valence-corrected chi connectivity index (χ3v) is 3.75. The molecular weight excluding hydrogens is 272 g/mol. The van der Waals surface area contributed by atoms with Gasteiger partial charge in [-0.2, -0.15) is 0 Å². The smallest absolute Gasteiger partial charge is 0.339 e. The Balaban J connectivity index is 1.82. The molecule has 0 saturated heterocycles. The van der Waals surface area contributed by atoms with Crippen LogP contribution in [0.4, 0.5) is 0 Å². The van der Waals surface area contributed by atoms with Crippen molar-refractivity contribution in [3.63, 3.8) is 0 Å². The summed E-state index contributed by atoms with van der Waals surface area (Å²) in [7, 11) is 0. The van der Waals surface area contributed by atoms with E-state index in [2.05, 4.69) is 0 Å². The summed E-state index contributed by atoms with van der Waals surface area (Å²) in [5.74, 6) is -0.243. The van der Waals surface area contributed by atoms with Crippen molar-refractivity contribution >= 4 is 16.9 Å². The predicted octanol–water partition coefficient (Wildman–Crippen LogP) is 2.53. The molecule has 5 nitrogen and oxygen atoms in total. The topological polar surface area (TPSA) is 76.7 Å². The van der Waals surface area contributed by atoms with Gasteiger partial charge in [-0.1, -0.05) is 0 Å². The molecule has 3 rings (SSSR count). The van der Waals surface area contributed by atoms with Crippen LogP contribution in [0.15, 0.2) is 27.4 Å². The molecule has 0 bridgehead atoms. The summed E-state index contributed by atoms with van der Waals surface area (Å²) in [4.78, 5) is 22.3. The highest BCUT2D eigenvalue weighted by molar-refractivity contribution is 5.83. The summed E-state index contributed by atoms with van der Waals surface area (Å²) in [6.07, 6.45) is 3.22. The van der Waals surface area contributed by atoms with Crippen LogP contribution >= 0.6 is 0 Å². The van der Waals surface area contributed by atoms with Crippen molar-refractivity contribution in [3.05, 3.63) is 39.7 Å². The molecule has 0 aliphatic heterocycles. The first kappa shape index (κ1) is 13.7. The number of carboxylic acid groups (broad SMARTS) is 1. The van der Waals surface area contributed by atoms with Gasteiger partial charge in [-0.05, 0) is 43.4 Å². The Morgan fingerprint density at radius 1 is 1.29 bits per heavy atom. The van der Waals surface area contributed by atoms with E-state index in [-0.39, 0.29) is 12.0 Å². The largest absolute Gasteiger partial charge is 0.493 e. The number of carboxylic acids is 1. The Labute approximate surface area is 121 Å². The lowest BCUT2D eigenvalue weighted by molar-refractivity contribution is -0.137. The van der Waals surface area contributed by atoms with Gasteiger partial charge in [0.15, 0.2) is 0 Å². The fourth-order valence-corrected chi connectivity index (χ4v) is 2.77. The summed E-state index contributed by atoms with van der Waals surface area (Å²) >= 11 is 0. The van der Waals surface area contributed by atoms with Crippen molar-refractivity contribution in [2.45, 2.75) is 32.1 Å². The molecular formula is C16H16O5. The quantitative estimate of drug-likeness (QED) is 0.675. The second kappa shape index (κ2) is 5.60. The third-order valence-electron chi connectivity index (χ3n) is 3.75. The SMILES string of the molecule is O=C(O)CCCOc1ccc2c3c(c(=O)oc2c1)CCC3. The zero-order valence-corrected chi connectivity index (χ0v) is 11.6. The van der Waals surface area contributed by atoms with Gasteiger partial charge < -0.3 is 14.3 Å². The van der Waals surface area contributed by atoms with E-state index in [0.717, 1.165) is 35.8 Å². The molecule has 0 unspecified atom stereocenters. The fraction of sp³-hybridized carbons (Fsp3) is 0.375. The maximum absolute atomic E-state index is 11.9. The molecule has 110 valence electrons. The van der Waals surface area contributed by atoms with Crippen LogP contribution in [0, 0.1) is 0 Å². The van der Waals surface area contributed by atoms with Gasteiger partial charge in [-0.25, -0.2) is 4.79 Å². The minimum atomic E-state index is -0.835. The van der Waals surface area contributed by atoms with Gasteiger partial charge in [-0.15, -0.1) is 0 Å². The maximum atomic E-state index is 11.9. The van der Waals surface area contributed by atoms with Crippen molar-refractivity contribution < 1.29 is 19.1 Å². The average molecular weight is 288 g/mol. The number of fused-ring (bicyclic) bond motifs is 3. The highest BCUT2D eigenvalue weighted by Crippen LogP contribution is 2.29. The molecule has 1 aromatic carbocycles. The Kier molecular flexibility index (Phi) is 3.64. The maximum Gasteiger partial charge on any atom is 0.339 e. The van der Waals surface area contributed by atoms with Gasteiger partial charge in [-0.3, -0.25) is 4.79 Å². The van der Waals surface area contributed by atoms with Crippen molar-refractivity contribution in [2.75, 3.05) is 6.61 Å². The summed E-state index contributed by atoms with van der Waals surface area (Å²) < 4.78 is 10.9. The number of rotatable bonds is 5. The molecule has 0 radical (unpaired) electrons. The Bertz CT molecular complexity index is 744. The van der Waals surface area contributed by atoms with Crippen LogP contribution < -0.4 is 10.4 Å². The molecule has 5 heteroatoms. The van der Waals surface area contributed by atoms with Gasteiger partial charge in [0.2, 0.25) is 0 Å². The van der Waals surface area contributed by atoms with E-state index < -0.39 is 5.97 Å². The van der Waals surface area contributed by atoms with Crippen LogP contribution in [0.5, 0.6) is 5.75 Å². The van der Waals surface area contributed by atoms with Crippen molar-refractivity contribution in [3.8, 4) is 5.75 Å². The minimum Gasteiger partial charge on any atom is -0.493 e. The number of carbonyl (C=O) groups is 1. The lowest BCUT2D eigenvalue weighted by atomic mass is 10.1. The van der Waals surface area contributed by atoms with Gasteiger partial charge in [0, 0.05) is 23.4 Å². The van der Waals surface area contributed by atoms with Crippen LogP contribution in [0.25, 0.3) is 11.0 Å². The monoisotopic (exact) mass is 288 g/mol. The zero-order valence-electron chi connectivity index (χ0n) is 11.6. The molecule has 2 aromatic rings. The van der Waals surface area contributed by atoms with Gasteiger partial charge in [0.25, 0.3) is 0 Å². The number of hydrogen-bond acceptors (Lipinski definition) is 4. The van der Waals surface area contributed by atoms with Crippen molar-refractivity contribution in [1.29, 1.82) is 0 Å². The van der Waals surface area contributed by atoms with Gasteiger partial charge in [0.1, 0.15) is 11.3 Å². The standard InChI is InChI=1S/C16H16O5/c17-15(18)5-2-8-20-10-6-7-12-11-3-1-4-13(11)16(19)21-14(12)9-10/h6-7,9H,1-5,8H2,(H,17,18). The number of hydrogen-bond donors (Lipinski definition) is 1.